The fourth-order valence-corrected chi connectivity index (χ4v) is 6.98. The van der Waals surface area contributed by atoms with Crippen molar-refractivity contribution in [3.05, 3.63) is 91.0 Å². The smallest absolute Gasteiger partial charge is 0.464 e. The third kappa shape index (κ3) is 5.82. The van der Waals surface area contributed by atoms with Crippen LogP contribution in [0.5, 0.6) is 0 Å². The first-order valence-corrected chi connectivity index (χ1v) is 17.8. The van der Waals surface area contributed by atoms with Crippen LogP contribution in [0, 0.1) is 5.41 Å². The van der Waals surface area contributed by atoms with E-state index in [9.17, 15) is 4.79 Å². The van der Waals surface area contributed by atoms with Gasteiger partial charge < -0.3 is 34.6 Å². The fraction of sp³-hybridized carbons (Fsp3) is 0.175. The molecule has 52 heavy (non-hydrogen) atoms. The SMILES string of the molecule is CCC(C)(C)C(=O)OCCSc1ccc2c3nc4nc(nc5[n-]c(nc6nc(nc([n-]3)c2c1)-c1ccccc1-6)c1ccccc51)-c1ccccc1-4.[Cu+2]. The summed E-state index contributed by atoms with van der Waals surface area (Å²) in [6.07, 6.45) is 0.719. The van der Waals surface area contributed by atoms with E-state index in [4.69, 9.17) is 44.6 Å². The van der Waals surface area contributed by atoms with E-state index in [1.165, 1.54) is 0 Å². The van der Waals surface area contributed by atoms with Crippen molar-refractivity contribution >= 4 is 61.9 Å². The Bertz CT molecular complexity index is 2720. The molecule has 2 aliphatic heterocycles. The van der Waals surface area contributed by atoms with E-state index in [-0.39, 0.29) is 23.0 Å². The number of carbonyl (C=O) groups excluding carboxylic acids is 1. The molecule has 2 aliphatic rings. The summed E-state index contributed by atoms with van der Waals surface area (Å²) in [6, 6.07) is 29.9. The molecule has 3 aromatic heterocycles. The number of esters is 1. The number of thioether (sulfide) groups is 1. The molecule has 0 saturated heterocycles. The van der Waals surface area contributed by atoms with Crippen LogP contribution in [0.1, 0.15) is 27.2 Å². The molecule has 0 saturated carbocycles. The molecule has 7 aromatic rings. The average Bonchev–Trinajstić information content (AvgIpc) is 3.89. The number of nitrogens with zero attached hydrogens (tertiary/aromatic N) is 8. The maximum absolute atomic E-state index is 12.5. The molecule has 8 bridgehead atoms. The van der Waals surface area contributed by atoms with Crippen LogP contribution in [0.15, 0.2) is 95.9 Å². The number of fused-ring (bicyclic) bond motifs is 20. The molecular formula is C40H30CuN8O2S. The van der Waals surface area contributed by atoms with Gasteiger partial charge in [0.1, 0.15) is 6.61 Å². The molecule has 0 aliphatic carbocycles. The normalized spacial score (nSPS) is 12.0. The van der Waals surface area contributed by atoms with E-state index >= 15 is 0 Å². The zero-order valence-corrected chi connectivity index (χ0v) is 30.1. The number of carbonyl (C=O) groups is 1. The van der Waals surface area contributed by atoms with Crippen LogP contribution in [0.4, 0.5) is 0 Å². The molecule has 12 heteroatoms. The molecule has 0 atom stereocenters. The van der Waals surface area contributed by atoms with Gasteiger partial charge in [-0.2, -0.15) is 0 Å². The Morgan fingerprint density at radius 1 is 0.615 bits per heavy atom. The maximum Gasteiger partial charge on any atom is 2.00 e. The Morgan fingerprint density at radius 3 is 1.50 bits per heavy atom. The van der Waals surface area contributed by atoms with Crippen LogP contribution >= 0.6 is 11.8 Å². The molecule has 0 spiro atoms. The summed E-state index contributed by atoms with van der Waals surface area (Å²) in [5.41, 5.74) is 4.97. The van der Waals surface area contributed by atoms with Gasteiger partial charge in [0, 0.05) is 55.5 Å². The zero-order valence-electron chi connectivity index (χ0n) is 28.4. The van der Waals surface area contributed by atoms with Crippen molar-refractivity contribution in [1.82, 2.24) is 39.9 Å². The minimum Gasteiger partial charge on any atom is -0.464 e. The number of rotatable bonds is 6. The first kappa shape index (κ1) is 33.7. The number of benzene rings is 4. The van der Waals surface area contributed by atoms with E-state index < -0.39 is 5.41 Å². The van der Waals surface area contributed by atoms with Gasteiger partial charge in [0.15, 0.2) is 0 Å². The van der Waals surface area contributed by atoms with Crippen LogP contribution in [0.3, 0.4) is 0 Å². The Labute approximate surface area is 313 Å². The van der Waals surface area contributed by atoms with Gasteiger partial charge in [-0.15, -0.1) is 11.8 Å². The molecule has 4 aromatic carbocycles. The second-order valence-corrected chi connectivity index (χ2v) is 14.2. The molecule has 0 amide bonds. The first-order chi connectivity index (χ1) is 24.9. The Morgan fingerprint density at radius 2 is 1.04 bits per heavy atom. The molecule has 9 rings (SSSR count). The minimum absolute atomic E-state index is 0. The molecular weight excluding hydrogens is 720 g/mol. The molecule has 1 radical (unpaired) electrons. The van der Waals surface area contributed by atoms with Gasteiger partial charge in [0.05, 0.1) is 28.7 Å². The van der Waals surface area contributed by atoms with Crippen molar-refractivity contribution in [3.63, 3.8) is 0 Å². The van der Waals surface area contributed by atoms with Gasteiger partial charge in [-0.3, -0.25) is 4.79 Å². The minimum atomic E-state index is -0.502. The fourth-order valence-electron chi connectivity index (χ4n) is 6.21. The summed E-state index contributed by atoms with van der Waals surface area (Å²) in [6.45, 7) is 6.11. The largest absolute Gasteiger partial charge is 2.00 e. The average molecular weight is 750 g/mol. The summed E-state index contributed by atoms with van der Waals surface area (Å²) in [5.74, 6) is 2.48. The van der Waals surface area contributed by atoms with Crippen molar-refractivity contribution in [3.8, 4) is 45.6 Å². The van der Waals surface area contributed by atoms with Crippen LogP contribution in [0.2, 0.25) is 0 Å². The van der Waals surface area contributed by atoms with E-state index in [1.807, 2.05) is 106 Å². The van der Waals surface area contributed by atoms with Crippen molar-refractivity contribution < 1.29 is 26.6 Å². The van der Waals surface area contributed by atoms with Crippen molar-refractivity contribution in [2.24, 2.45) is 5.41 Å². The van der Waals surface area contributed by atoms with Gasteiger partial charge in [0.25, 0.3) is 0 Å². The maximum atomic E-state index is 12.5. The van der Waals surface area contributed by atoms with Crippen molar-refractivity contribution in [1.29, 1.82) is 0 Å². The van der Waals surface area contributed by atoms with Crippen LogP contribution in [-0.4, -0.2) is 48.2 Å². The predicted molar refractivity (Wildman–Crippen MR) is 200 cm³/mol. The quantitative estimate of drug-likeness (QED) is 0.0705. The Balaban J connectivity index is 0.00000387. The molecule has 0 N–H and O–H groups in total. The Hall–Kier alpha value is -5.42. The summed E-state index contributed by atoms with van der Waals surface area (Å²) in [5, 5.41) is 3.40. The van der Waals surface area contributed by atoms with Crippen molar-refractivity contribution in [2.75, 3.05) is 12.4 Å². The van der Waals surface area contributed by atoms with E-state index in [0.717, 1.165) is 55.1 Å². The van der Waals surface area contributed by atoms with Crippen LogP contribution in [0.25, 0.3) is 89.7 Å². The number of hydrogen-bond donors (Lipinski definition) is 0. The van der Waals surface area contributed by atoms with Gasteiger partial charge in [-0.05, 0) is 53.9 Å². The van der Waals surface area contributed by atoms with Crippen LogP contribution in [-0.2, 0) is 26.6 Å². The first-order valence-electron chi connectivity index (χ1n) is 16.8. The molecule has 259 valence electrons. The standard InChI is InChI=1S/C40H30N8O2S.Cu/c1-4-40(2,3)39(49)50-19-20-51-22-17-18-29-30(21-22)38-47-36-28-16-10-9-15-27(28)34(45-36)43-32-24-12-6-5-11-23(24)31(41-32)42-33-25-13-7-8-14-26(25)35(44-33)46-37(29)48-38;/h5-18,21H,4,19-20H2,1-3H3;/q-2;+2. The van der Waals surface area contributed by atoms with Crippen molar-refractivity contribution in [2.45, 2.75) is 32.1 Å². The van der Waals surface area contributed by atoms with Gasteiger partial charge in [-0.1, -0.05) is 85.8 Å². The molecule has 5 heterocycles. The number of ether oxygens (including phenoxy) is 1. The summed E-state index contributed by atoms with van der Waals surface area (Å²) < 4.78 is 5.58. The monoisotopic (exact) mass is 749 g/mol. The van der Waals surface area contributed by atoms with Gasteiger partial charge >= 0.3 is 23.0 Å². The van der Waals surface area contributed by atoms with Gasteiger partial charge in [-0.25, -0.2) is 9.97 Å². The molecule has 10 nitrogen and oxygen atoms in total. The Kier molecular flexibility index (Phi) is 8.61. The number of hydrogen-bond acceptors (Lipinski definition) is 9. The third-order valence-electron chi connectivity index (χ3n) is 9.42. The van der Waals surface area contributed by atoms with E-state index in [1.54, 1.807) is 11.8 Å². The summed E-state index contributed by atoms with van der Waals surface area (Å²) >= 11 is 1.61. The second-order valence-electron chi connectivity index (χ2n) is 13.0. The van der Waals surface area contributed by atoms with E-state index in [2.05, 4.69) is 6.07 Å². The van der Waals surface area contributed by atoms with Gasteiger partial charge in [0.2, 0.25) is 0 Å². The number of aromatic nitrogens is 8. The third-order valence-corrected chi connectivity index (χ3v) is 10.4. The van der Waals surface area contributed by atoms with Crippen LogP contribution < -0.4 is 9.97 Å². The summed E-state index contributed by atoms with van der Waals surface area (Å²) in [7, 11) is 0. The topological polar surface area (TPSA) is 132 Å². The molecule has 0 fully saturated rings. The second kappa shape index (κ2) is 13.3. The molecule has 0 unspecified atom stereocenters. The van der Waals surface area contributed by atoms with E-state index in [0.29, 0.717) is 58.2 Å². The summed E-state index contributed by atoms with van der Waals surface area (Å²) in [4.78, 5) is 53.3. The predicted octanol–water partition coefficient (Wildman–Crippen LogP) is 8.20. The zero-order chi connectivity index (χ0) is 34.7.